The Balaban J connectivity index is 2.91. The SMILES string of the molecule is Cc1ccc(C(=C=O)CN(C)C)cn1. The number of rotatable bonds is 3. The summed E-state index contributed by atoms with van der Waals surface area (Å²) in [5.41, 5.74) is 2.44. The topological polar surface area (TPSA) is 33.2 Å². The Hall–Kier alpha value is -1.44. The molecular weight excluding hydrogens is 176 g/mol. The number of pyridine rings is 1. The molecular formula is C11H14N2O. The summed E-state index contributed by atoms with van der Waals surface area (Å²) < 4.78 is 0. The summed E-state index contributed by atoms with van der Waals surface area (Å²) in [5.74, 6) is 1.95. The smallest absolute Gasteiger partial charge is 0.129 e. The van der Waals surface area contributed by atoms with E-state index in [0.29, 0.717) is 12.1 Å². The van der Waals surface area contributed by atoms with E-state index < -0.39 is 0 Å². The van der Waals surface area contributed by atoms with E-state index in [2.05, 4.69) is 4.98 Å². The molecule has 0 unspecified atom stereocenters. The van der Waals surface area contributed by atoms with Crippen molar-refractivity contribution in [2.75, 3.05) is 20.6 Å². The zero-order valence-electron chi connectivity index (χ0n) is 8.74. The molecule has 0 aliphatic rings. The fourth-order valence-electron chi connectivity index (χ4n) is 1.15. The molecule has 3 heteroatoms. The van der Waals surface area contributed by atoms with Gasteiger partial charge in [0.1, 0.15) is 5.94 Å². The Kier molecular flexibility index (Phi) is 3.57. The van der Waals surface area contributed by atoms with E-state index >= 15 is 0 Å². The van der Waals surface area contributed by atoms with Crippen molar-refractivity contribution in [3.8, 4) is 0 Å². The van der Waals surface area contributed by atoms with E-state index in [0.717, 1.165) is 11.3 Å². The first kappa shape index (κ1) is 10.6. The second kappa shape index (κ2) is 4.70. The lowest BCUT2D eigenvalue weighted by Crippen LogP contribution is -2.14. The molecule has 0 aromatic carbocycles. The van der Waals surface area contributed by atoms with Crippen LogP contribution in [0.25, 0.3) is 5.57 Å². The molecule has 0 saturated carbocycles. The van der Waals surface area contributed by atoms with Gasteiger partial charge in [0.2, 0.25) is 0 Å². The van der Waals surface area contributed by atoms with Gasteiger partial charge >= 0.3 is 0 Å². The second-order valence-corrected chi connectivity index (χ2v) is 3.51. The lowest BCUT2D eigenvalue weighted by Gasteiger charge is -2.10. The first-order valence-corrected chi connectivity index (χ1v) is 4.45. The fourth-order valence-corrected chi connectivity index (χ4v) is 1.15. The molecule has 1 aromatic rings. The zero-order chi connectivity index (χ0) is 10.6. The number of aromatic nitrogens is 1. The lowest BCUT2D eigenvalue weighted by molar-refractivity contribution is 0.462. The highest BCUT2D eigenvalue weighted by molar-refractivity contribution is 5.88. The number of likely N-dealkylation sites (N-methyl/N-ethyl adjacent to an activating group) is 1. The summed E-state index contributed by atoms with van der Waals surface area (Å²) >= 11 is 0. The summed E-state index contributed by atoms with van der Waals surface area (Å²) in [6.45, 7) is 2.51. The number of aryl methyl sites for hydroxylation is 1. The highest BCUT2D eigenvalue weighted by atomic mass is 16.1. The predicted molar refractivity (Wildman–Crippen MR) is 56.6 cm³/mol. The summed E-state index contributed by atoms with van der Waals surface area (Å²) in [4.78, 5) is 16.8. The molecule has 74 valence electrons. The van der Waals surface area contributed by atoms with Crippen LogP contribution in [0.3, 0.4) is 0 Å². The monoisotopic (exact) mass is 190 g/mol. The van der Waals surface area contributed by atoms with Crippen LogP contribution in [0.4, 0.5) is 0 Å². The first-order chi connectivity index (χ1) is 6.63. The van der Waals surface area contributed by atoms with Crippen LogP contribution in [0.2, 0.25) is 0 Å². The van der Waals surface area contributed by atoms with Crippen LogP contribution in [-0.4, -0.2) is 36.5 Å². The van der Waals surface area contributed by atoms with Crippen LogP contribution in [0.15, 0.2) is 18.3 Å². The molecule has 0 spiro atoms. The molecule has 1 rings (SSSR count). The van der Waals surface area contributed by atoms with E-state index in [-0.39, 0.29) is 0 Å². The zero-order valence-corrected chi connectivity index (χ0v) is 8.74. The lowest BCUT2D eigenvalue weighted by atomic mass is 10.1. The third-order valence-corrected chi connectivity index (χ3v) is 1.86. The Morgan fingerprint density at radius 1 is 1.50 bits per heavy atom. The highest BCUT2D eigenvalue weighted by Gasteiger charge is 2.04. The molecule has 0 N–H and O–H groups in total. The van der Waals surface area contributed by atoms with Crippen LogP contribution in [0.5, 0.6) is 0 Å². The van der Waals surface area contributed by atoms with Gasteiger partial charge in [-0.1, -0.05) is 6.07 Å². The Bertz CT molecular complexity index is 348. The summed E-state index contributed by atoms with van der Waals surface area (Å²) in [7, 11) is 3.83. The van der Waals surface area contributed by atoms with Crippen molar-refractivity contribution >= 4 is 11.5 Å². The van der Waals surface area contributed by atoms with Crippen molar-refractivity contribution in [1.82, 2.24) is 9.88 Å². The maximum Gasteiger partial charge on any atom is 0.129 e. The molecule has 0 aliphatic heterocycles. The van der Waals surface area contributed by atoms with Crippen molar-refractivity contribution in [2.24, 2.45) is 0 Å². The maximum absolute atomic E-state index is 10.7. The Labute approximate surface area is 84.1 Å². The fraction of sp³-hybridized carbons (Fsp3) is 0.364. The number of carbonyl (C=O) groups excluding carboxylic acids is 1. The predicted octanol–water partition coefficient (Wildman–Crippen LogP) is 1.17. The van der Waals surface area contributed by atoms with Gasteiger partial charge in [0.05, 0.1) is 5.57 Å². The van der Waals surface area contributed by atoms with Gasteiger partial charge in [0.25, 0.3) is 0 Å². The van der Waals surface area contributed by atoms with Gasteiger partial charge in [-0.3, -0.25) is 4.98 Å². The quantitative estimate of drug-likeness (QED) is 0.671. The van der Waals surface area contributed by atoms with E-state index in [4.69, 9.17) is 0 Å². The molecule has 0 aliphatic carbocycles. The van der Waals surface area contributed by atoms with E-state index in [1.165, 1.54) is 0 Å². The minimum atomic E-state index is 0.592. The summed E-state index contributed by atoms with van der Waals surface area (Å²) in [5, 5.41) is 0. The molecule has 3 nitrogen and oxygen atoms in total. The molecule has 14 heavy (non-hydrogen) atoms. The molecule has 0 atom stereocenters. The standard InChI is InChI=1S/C11H14N2O/c1-9-4-5-10(6-12-9)11(8-14)7-13(2)3/h4-6H,7H2,1-3H3. The molecule has 1 heterocycles. The third-order valence-electron chi connectivity index (χ3n) is 1.86. The van der Waals surface area contributed by atoms with Gasteiger partial charge in [-0.15, -0.1) is 0 Å². The molecule has 0 radical (unpaired) electrons. The van der Waals surface area contributed by atoms with Gasteiger partial charge in [0.15, 0.2) is 0 Å². The van der Waals surface area contributed by atoms with Gasteiger partial charge in [-0.2, -0.15) is 0 Å². The number of hydrogen-bond acceptors (Lipinski definition) is 3. The highest BCUT2D eigenvalue weighted by Crippen LogP contribution is 2.10. The van der Waals surface area contributed by atoms with Crippen molar-refractivity contribution in [3.63, 3.8) is 0 Å². The van der Waals surface area contributed by atoms with E-state index in [9.17, 15) is 4.79 Å². The molecule has 1 aromatic heterocycles. The molecule has 0 bridgehead atoms. The average molecular weight is 190 g/mol. The van der Waals surface area contributed by atoms with Gasteiger partial charge in [-0.05, 0) is 27.1 Å². The Morgan fingerprint density at radius 3 is 2.64 bits per heavy atom. The molecule has 0 fully saturated rings. The van der Waals surface area contributed by atoms with Crippen molar-refractivity contribution < 1.29 is 4.79 Å². The van der Waals surface area contributed by atoms with Gasteiger partial charge in [0, 0.05) is 24.0 Å². The normalized spacial score (nSPS) is 10.0. The minimum Gasteiger partial charge on any atom is -0.304 e. The number of nitrogens with zero attached hydrogens (tertiary/aromatic N) is 2. The van der Waals surface area contributed by atoms with Crippen LogP contribution in [0.1, 0.15) is 11.3 Å². The Morgan fingerprint density at radius 2 is 2.21 bits per heavy atom. The third kappa shape index (κ3) is 2.80. The largest absolute Gasteiger partial charge is 0.304 e. The number of hydrogen-bond donors (Lipinski definition) is 0. The van der Waals surface area contributed by atoms with Gasteiger partial charge in [-0.25, -0.2) is 4.79 Å². The summed E-state index contributed by atoms with van der Waals surface area (Å²) in [6.07, 6.45) is 1.71. The van der Waals surface area contributed by atoms with Crippen molar-refractivity contribution in [2.45, 2.75) is 6.92 Å². The van der Waals surface area contributed by atoms with Crippen LogP contribution in [-0.2, 0) is 4.79 Å². The average Bonchev–Trinajstić information content (AvgIpc) is 2.15. The molecule has 0 saturated heterocycles. The minimum absolute atomic E-state index is 0.592. The second-order valence-electron chi connectivity index (χ2n) is 3.51. The van der Waals surface area contributed by atoms with Crippen LogP contribution in [0, 0.1) is 6.92 Å². The van der Waals surface area contributed by atoms with E-state index in [1.54, 1.807) is 6.20 Å². The molecule has 0 amide bonds. The van der Waals surface area contributed by atoms with Crippen LogP contribution >= 0.6 is 0 Å². The van der Waals surface area contributed by atoms with E-state index in [1.807, 2.05) is 44.0 Å². The summed E-state index contributed by atoms with van der Waals surface area (Å²) in [6, 6.07) is 3.79. The van der Waals surface area contributed by atoms with Crippen molar-refractivity contribution in [1.29, 1.82) is 0 Å². The van der Waals surface area contributed by atoms with Gasteiger partial charge < -0.3 is 4.90 Å². The maximum atomic E-state index is 10.7. The first-order valence-electron chi connectivity index (χ1n) is 4.45. The van der Waals surface area contributed by atoms with Crippen LogP contribution < -0.4 is 0 Å². The van der Waals surface area contributed by atoms with Crippen molar-refractivity contribution in [3.05, 3.63) is 29.6 Å².